The van der Waals surface area contributed by atoms with E-state index in [2.05, 4.69) is 4.98 Å². The molecule has 1 fully saturated rings. The molecule has 3 N–H and O–H groups in total. The summed E-state index contributed by atoms with van der Waals surface area (Å²) in [4.78, 5) is 25.3. The highest BCUT2D eigenvalue weighted by Crippen LogP contribution is 2.52. The molecule has 2 rings (SSSR count). The fraction of sp³-hybridized carbons (Fsp3) is 0.667. The molecule has 1 aromatic heterocycles. The molecule has 1 aliphatic rings. The van der Waals surface area contributed by atoms with E-state index in [-0.39, 0.29) is 37.7 Å². The Morgan fingerprint density at radius 3 is 2.74 bits per heavy atom. The molecule has 19 heavy (non-hydrogen) atoms. The van der Waals surface area contributed by atoms with Gasteiger partial charge in [0.25, 0.3) is 5.56 Å². The van der Waals surface area contributed by atoms with Crippen molar-refractivity contribution in [3.8, 4) is 0 Å². The molecule has 0 saturated heterocycles. The normalized spacial score (nSPS) is 25.5. The molecule has 0 aliphatic heterocycles. The number of alkyl halides is 1. The van der Waals surface area contributed by atoms with E-state index in [1.165, 1.54) is 10.8 Å². The number of hydrogen-bond donors (Lipinski definition) is 3. The predicted octanol–water partition coefficient (Wildman–Crippen LogP) is -0.960. The number of aliphatic hydroxyl groups excluding tert-OH is 2. The Kier molecular flexibility index (Phi) is 3.86. The van der Waals surface area contributed by atoms with Gasteiger partial charge in [-0.15, -0.1) is 0 Å². The third-order valence-electron chi connectivity index (χ3n) is 3.83. The smallest absolute Gasteiger partial charge is 0.328 e. The van der Waals surface area contributed by atoms with E-state index in [9.17, 15) is 19.1 Å². The van der Waals surface area contributed by atoms with Crippen molar-refractivity contribution in [2.24, 2.45) is 11.3 Å². The zero-order valence-corrected chi connectivity index (χ0v) is 10.4. The van der Waals surface area contributed by atoms with Gasteiger partial charge in [0.05, 0.1) is 13.3 Å². The zero-order chi connectivity index (χ0) is 14.0. The summed E-state index contributed by atoms with van der Waals surface area (Å²) in [5.41, 5.74) is -1.46. The van der Waals surface area contributed by atoms with Gasteiger partial charge in [0.1, 0.15) is 0 Å². The van der Waals surface area contributed by atoms with Crippen molar-refractivity contribution in [3.05, 3.63) is 32.6 Å². The summed E-state index contributed by atoms with van der Waals surface area (Å²) in [6.07, 6.45) is 1.92. The van der Waals surface area contributed by atoms with Gasteiger partial charge < -0.3 is 10.2 Å². The lowest BCUT2D eigenvalue weighted by Gasteiger charge is -2.16. The second kappa shape index (κ2) is 5.26. The average molecular weight is 272 g/mol. The zero-order valence-electron chi connectivity index (χ0n) is 10.4. The number of H-pyrrole nitrogens is 1. The van der Waals surface area contributed by atoms with Crippen molar-refractivity contribution in [2.75, 3.05) is 19.9 Å². The van der Waals surface area contributed by atoms with E-state index in [0.29, 0.717) is 6.42 Å². The number of aromatic amines is 1. The van der Waals surface area contributed by atoms with E-state index < -0.39 is 23.3 Å². The van der Waals surface area contributed by atoms with Crippen molar-refractivity contribution in [2.45, 2.75) is 19.4 Å². The number of aromatic nitrogens is 2. The molecule has 6 nitrogen and oxygen atoms in total. The summed E-state index contributed by atoms with van der Waals surface area (Å²) in [5, 5.41) is 18.5. The minimum atomic E-state index is -0.675. The van der Waals surface area contributed by atoms with Crippen LogP contribution in [-0.4, -0.2) is 39.7 Å². The van der Waals surface area contributed by atoms with Crippen LogP contribution in [0.4, 0.5) is 4.39 Å². The summed E-state index contributed by atoms with van der Waals surface area (Å²) in [6, 6.07) is 0. The first-order valence-corrected chi connectivity index (χ1v) is 6.16. The standard InChI is InChI=1S/C12H17FN2O4/c13-2-1-8-4-15(11(19)14-10(8)18)6-12(7-17)3-9(12)5-16/h4,9,16-17H,1-3,5-7H2,(H,14,18,19). The van der Waals surface area contributed by atoms with Gasteiger partial charge in [0.15, 0.2) is 0 Å². The molecule has 2 unspecified atom stereocenters. The number of halogens is 1. The van der Waals surface area contributed by atoms with Crippen LogP contribution in [0.2, 0.25) is 0 Å². The number of rotatable bonds is 6. The lowest BCUT2D eigenvalue weighted by atomic mass is 10.1. The molecule has 0 bridgehead atoms. The molecule has 0 amide bonds. The van der Waals surface area contributed by atoms with E-state index in [0.717, 1.165) is 0 Å². The van der Waals surface area contributed by atoms with Gasteiger partial charge in [0, 0.05) is 36.7 Å². The van der Waals surface area contributed by atoms with Gasteiger partial charge in [-0.3, -0.25) is 18.7 Å². The predicted molar refractivity (Wildman–Crippen MR) is 65.7 cm³/mol. The molecular formula is C12H17FN2O4. The summed E-state index contributed by atoms with van der Waals surface area (Å²) in [5.74, 6) is -0.0408. The van der Waals surface area contributed by atoms with Gasteiger partial charge in [-0.1, -0.05) is 0 Å². The van der Waals surface area contributed by atoms with Crippen LogP contribution in [0.25, 0.3) is 0 Å². The summed E-state index contributed by atoms with van der Waals surface area (Å²) < 4.78 is 13.6. The van der Waals surface area contributed by atoms with Crippen LogP contribution in [0.3, 0.4) is 0 Å². The summed E-state index contributed by atoms with van der Waals surface area (Å²) in [6.45, 7) is -0.645. The highest BCUT2D eigenvalue weighted by Gasteiger charge is 2.53. The summed E-state index contributed by atoms with van der Waals surface area (Å²) in [7, 11) is 0. The molecule has 0 aromatic carbocycles. The second-order valence-corrected chi connectivity index (χ2v) is 5.08. The monoisotopic (exact) mass is 272 g/mol. The minimum absolute atomic E-state index is 0.0408. The Balaban J connectivity index is 2.28. The highest BCUT2D eigenvalue weighted by molar-refractivity contribution is 5.07. The van der Waals surface area contributed by atoms with Crippen LogP contribution in [-0.2, 0) is 13.0 Å². The number of aryl methyl sites for hydroxylation is 1. The fourth-order valence-electron chi connectivity index (χ4n) is 2.42. The second-order valence-electron chi connectivity index (χ2n) is 5.08. The first-order chi connectivity index (χ1) is 9.06. The third-order valence-corrected chi connectivity index (χ3v) is 3.83. The molecule has 0 radical (unpaired) electrons. The fourth-order valence-corrected chi connectivity index (χ4v) is 2.42. The average Bonchev–Trinajstić information content (AvgIpc) is 3.09. The maximum Gasteiger partial charge on any atom is 0.328 e. The molecule has 7 heteroatoms. The molecule has 106 valence electrons. The van der Waals surface area contributed by atoms with Crippen molar-refractivity contribution in [1.29, 1.82) is 0 Å². The van der Waals surface area contributed by atoms with Gasteiger partial charge in [0.2, 0.25) is 0 Å². The molecule has 0 spiro atoms. The van der Waals surface area contributed by atoms with Crippen molar-refractivity contribution >= 4 is 0 Å². The lowest BCUT2D eigenvalue weighted by Crippen LogP contribution is -2.35. The number of aliphatic hydroxyl groups is 2. The Morgan fingerprint density at radius 2 is 2.21 bits per heavy atom. The van der Waals surface area contributed by atoms with Crippen LogP contribution in [0.5, 0.6) is 0 Å². The van der Waals surface area contributed by atoms with Gasteiger partial charge in [-0.2, -0.15) is 0 Å². The van der Waals surface area contributed by atoms with Crippen LogP contribution in [0.1, 0.15) is 12.0 Å². The Morgan fingerprint density at radius 1 is 1.47 bits per heavy atom. The number of hydrogen-bond acceptors (Lipinski definition) is 4. The molecule has 1 heterocycles. The van der Waals surface area contributed by atoms with Crippen LogP contribution >= 0.6 is 0 Å². The van der Waals surface area contributed by atoms with Crippen molar-refractivity contribution in [3.63, 3.8) is 0 Å². The maximum absolute atomic E-state index is 12.3. The van der Waals surface area contributed by atoms with E-state index >= 15 is 0 Å². The maximum atomic E-state index is 12.3. The van der Waals surface area contributed by atoms with Crippen molar-refractivity contribution < 1.29 is 14.6 Å². The quantitative estimate of drug-likeness (QED) is 0.621. The molecular weight excluding hydrogens is 255 g/mol. The molecule has 1 saturated carbocycles. The van der Waals surface area contributed by atoms with E-state index in [4.69, 9.17) is 5.11 Å². The SMILES string of the molecule is O=c1[nH]c(=O)n(CC2(CO)CC2CO)cc1CCF. The Hall–Kier alpha value is -1.47. The van der Waals surface area contributed by atoms with E-state index in [1.54, 1.807) is 0 Å². The number of nitrogens with zero attached hydrogens (tertiary/aromatic N) is 1. The largest absolute Gasteiger partial charge is 0.396 e. The third kappa shape index (κ3) is 2.62. The molecule has 2 atom stereocenters. The molecule has 1 aliphatic carbocycles. The minimum Gasteiger partial charge on any atom is -0.396 e. The summed E-state index contributed by atoms with van der Waals surface area (Å²) >= 11 is 0. The number of nitrogens with one attached hydrogen (secondary N) is 1. The van der Waals surface area contributed by atoms with Crippen molar-refractivity contribution in [1.82, 2.24) is 9.55 Å². The van der Waals surface area contributed by atoms with E-state index in [1.807, 2.05) is 0 Å². The first-order valence-electron chi connectivity index (χ1n) is 6.16. The van der Waals surface area contributed by atoms with Crippen LogP contribution in [0, 0.1) is 11.3 Å². The van der Waals surface area contributed by atoms with Crippen LogP contribution < -0.4 is 11.2 Å². The highest BCUT2D eigenvalue weighted by atomic mass is 19.1. The van der Waals surface area contributed by atoms with Gasteiger partial charge in [-0.25, -0.2) is 4.79 Å². The van der Waals surface area contributed by atoms with Crippen LogP contribution in [0.15, 0.2) is 15.8 Å². The van der Waals surface area contributed by atoms with Gasteiger partial charge >= 0.3 is 5.69 Å². The molecule has 1 aromatic rings. The Labute approximate surface area is 108 Å². The lowest BCUT2D eigenvalue weighted by molar-refractivity contribution is 0.156. The Bertz CT molecular complexity index is 568. The first kappa shape index (κ1) is 14.0. The topological polar surface area (TPSA) is 95.3 Å². The van der Waals surface area contributed by atoms with Gasteiger partial charge in [-0.05, 0) is 12.3 Å².